The Labute approximate surface area is 247 Å². The fourth-order valence-corrected chi connectivity index (χ4v) is 7.49. The van der Waals surface area contributed by atoms with Crippen LogP contribution in [0.4, 0.5) is 5.69 Å². The summed E-state index contributed by atoms with van der Waals surface area (Å²) < 4.78 is 60.9. The summed E-state index contributed by atoms with van der Waals surface area (Å²) in [6, 6.07) is 17.2. The van der Waals surface area contributed by atoms with Gasteiger partial charge in [-0.3, -0.25) is 9.10 Å². The highest BCUT2D eigenvalue weighted by atomic mass is 35.5. The first-order valence-electron chi connectivity index (χ1n) is 13.3. The number of rotatable bonds is 11. The van der Waals surface area contributed by atoms with E-state index in [1.165, 1.54) is 40.7 Å². The number of sulfonamides is 2. The van der Waals surface area contributed by atoms with Crippen LogP contribution < -0.4 is 14.4 Å². The van der Waals surface area contributed by atoms with Crippen molar-refractivity contribution in [3.8, 4) is 5.75 Å². The van der Waals surface area contributed by atoms with Crippen molar-refractivity contribution in [1.29, 1.82) is 0 Å². The summed E-state index contributed by atoms with van der Waals surface area (Å²) in [5.41, 5.74) is 2.26. The molecule has 0 saturated carbocycles. The van der Waals surface area contributed by atoms with Crippen LogP contribution >= 0.6 is 11.6 Å². The molecule has 9 nitrogen and oxygen atoms in total. The highest BCUT2D eigenvalue weighted by Crippen LogP contribution is 2.27. The summed E-state index contributed by atoms with van der Waals surface area (Å²) in [6.07, 6.45) is 2.76. The molecule has 12 heteroatoms. The van der Waals surface area contributed by atoms with Gasteiger partial charge in [0.25, 0.3) is 10.0 Å². The van der Waals surface area contributed by atoms with E-state index in [0.29, 0.717) is 29.5 Å². The summed E-state index contributed by atoms with van der Waals surface area (Å²) in [4.78, 5) is 13.1. The Kier molecular flexibility index (Phi) is 9.96. The second-order valence-electron chi connectivity index (χ2n) is 9.87. The van der Waals surface area contributed by atoms with Crippen molar-refractivity contribution in [3.63, 3.8) is 0 Å². The highest BCUT2D eigenvalue weighted by molar-refractivity contribution is 7.92. The van der Waals surface area contributed by atoms with Crippen LogP contribution in [0, 0.1) is 13.8 Å². The maximum absolute atomic E-state index is 13.5. The van der Waals surface area contributed by atoms with Gasteiger partial charge in [0.05, 0.1) is 22.0 Å². The van der Waals surface area contributed by atoms with E-state index in [1.807, 2.05) is 19.9 Å². The second-order valence-corrected chi connectivity index (χ2v) is 14.1. The number of nitrogens with zero attached hydrogens (tertiary/aromatic N) is 2. The first-order chi connectivity index (χ1) is 19.5. The lowest BCUT2D eigenvalue weighted by molar-refractivity contribution is -0.119. The molecule has 0 unspecified atom stereocenters. The normalized spacial score (nSPS) is 14.4. The van der Waals surface area contributed by atoms with E-state index < -0.39 is 32.5 Å². The third kappa shape index (κ3) is 7.59. The summed E-state index contributed by atoms with van der Waals surface area (Å²) >= 11 is 5.94. The van der Waals surface area contributed by atoms with Gasteiger partial charge in [-0.15, -0.1) is 0 Å². The van der Waals surface area contributed by atoms with E-state index in [4.69, 9.17) is 16.3 Å². The smallest absolute Gasteiger partial charge is 0.264 e. The molecule has 1 amide bonds. The van der Waals surface area contributed by atoms with Crippen molar-refractivity contribution in [2.24, 2.45) is 0 Å². The Morgan fingerprint density at radius 3 is 2.15 bits per heavy atom. The molecule has 1 aliphatic heterocycles. The number of amides is 1. The van der Waals surface area contributed by atoms with Gasteiger partial charge < -0.3 is 10.1 Å². The molecule has 0 aromatic heterocycles. The lowest BCUT2D eigenvalue weighted by atomic mass is 10.1. The van der Waals surface area contributed by atoms with Gasteiger partial charge in [0.1, 0.15) is 18.9 Å². The van der Waals surface area contributed by atoms with Crippen LogP contribution in [0.1, 0.15) is 30.4 Å². The van der Waals surface area contributed by atoms with Crippen molar-refractivity contribution in [2.75, 3.05) is 37.1 Å². The highest BCUT2D eigenvalue weighted by Gasteiger charge is 2.28. The minimum Gasteiger partial charge on any atom is -0.492 e. The summed E-state index contributed by atoms with van der Waals surface area (Å²) in [5.74, 6) is -0.0498. The average Bonchev–Trinajstić information content (AvgIpc) is 2.96. The number of ether oxygens (including phenoxy) is 1. The fourth-order valence-electron chi connectivity index (χ4n) is 4.44. The number of hydrogen-bond acceptors (Lipinski definition) is 6. The molecule has 0 bridgehead atoms. The summed E-state index contributed by atoms with van der Waals surface area (Å²) in [5, 5.41) is 3.10. The monoisotopic (exact) mass is 619 g/mol. The van der Waals surface area contributed by atoms with Crippen LogP contribution in [0.2, 0.25) is 5.02 Å². The van der Waals surface area contributed by atoms with Crippen LogP contribution in [-0.2, 0) is 24.8 Å². The average molecular weight is 620 g/mol. The van der Waals surface area contributed by atoms with Gasteiger partial charge in [0, 0.05) is 18.1 Å². The molecular weight excluding hydrogens is 586 g/mol. The largest absolute Gasteiger partial charge is 0.492 e. The van der Waals surface area contributed by atoms with Crippen molar-refractivity contribution in [1.82, 2.24) is 9.62 Å². The Hall–Kier alpha value is -3.12. The molecule has 41 heavy (non-hydrogen) atoms. The minimum absolute atomic E-state index is 0.0157. The van der Waals surface area contributed by atoms with Gasteiger partial charge in [0.2, 0.25) is 15.9 Å². The van der Waals surface area contributed by atoms with Crippen LogP contribution in [-0.4, -0.2) is 59.8 Å². The van der Waals surface area contributed by atoms with Gasteiger partial charge in [-0.25, -0.2) is 16.8 Å². The third-order valence-electron chi connectivity index (χ3n) is 6.94. The van der Waals surface area contributed by atoms with Crippen molar-refractivity contribution in [2.45, 2.75) is 42.9 Å². The zero-order valence-electron chi connectivity index (χ0n) is 23.0. The summed E-state index contributed by atoms with van der Waals surface area (Å²) in [7, 11) is -7.59. The van der Waals surface area contributed by atoms with Gasteiger partial charge in [-0.1, -0.05) is 24.1 Å². The van der Waals surface area contributed by atoms with Crippen LogP contribution in [0.5, 0.6) is 5.75 Å². The number of carbonyl (C=O) groups is 1. The second kappa shape index (κ2) is 13.2. The molecular formula is C29H34ClN3O6S2. The maximum atomic E-state index is 13.5. The molecule has 1 N–H and O–H groups in total. The Morgan fingerprint density at radius 1 is 0.878 bits per heavy atom. The number of hydrogen-bond donors (Lipinski definition) is 1. The van der Waals surface area contributed by atoms with Crippen molar-refractivity contribution in [3.05, 3.63) is 82.9 Å². The predicted molar refractivity (Wildman–Crippen MR) is 159 cm³/mol. The first-order valence-corrected chi connectivity index (χ1v) is 16.6. The molecule has 220 valence electrons. The number of benzene rings is 3. The number of carbonyl (C=O) groups excluding carboxylic acids is 1. The van der Waals surface area contributed by atoms with E-state index in [2.05, 4.69) is 5.32 Å². The third-order valence-corrected chi connectivity index (χ3v) is 10.9. The standard InChI is InChI=1S/C29H34ClN3O6S2/c1-22-6-9-25(20-23(22)2)33(41(37,38)28-12-7-24(30)8-13-28)21-29(34)31-16-19-39-26-10-14-27(15-11-26)40(35,36)32-17-4-3-5-18-32/h6-15,20H,3-5,16-19,21H2,1-2H3,(H,31,34). The Bertz CT molecular complexity index is 1570. The SMILES string of the molecule is Cc1ccc(N(CC(=O)NCCOc2ccc(S(=O)(=O)N3CCCCC3)cc2)S(=O)(=O)c2ccc(Cl)cc2)cc1C. The Balaban J connectivity index is 1.37. The van der Waals surface area contributed by atoms with Crippen LogP contribution in [0.3, 0.4) is 0 Å². The van der Waals surface area contributed by atoms with Crippen LogP contribution in [0.25, 0.3) is 0 Å². The molecule has 3 aromatic rings. The molecule has 3 aromatic carbocycles. The van der Waals surface area contributed by atoms with E-state index in [0.717, 1.165) is 34.7 Å². The molecule has 4 rings (SSSR count). The molecule has 1 heterocycles. The number of aryl methyl sites for hydroxylation is 2. The molecule has 0 spiro atoms. The first kappa shape index (κ1) is 30.8. The molecule has 0 atom stereocenters. The summed E-state index contributed by atoms with van der Waals surface area (Å²) in [6.45, 7) is 4.65. The number of piperidine rings is 1. The van der Waals surface area contributed by atoms with E-state index in [1.54, 1.807) is 24.3 Å². The fraction of sp³-hybridized carbons (Fsp3) is 0.345. The minimum atomic E-state index is -4.06. The topological polar surface area (TPSA) is 113 Å². The van der Waals surface area contributed by atoms with Gasteiger partial charge >= 0.3 is 0 Å². The van der Waals surface area contributed by atoms with E-state index >= 15 is 0 Å². The molecule has 1 saturated heterocycles. The zero-order valence-corrected chi connectivity index (χ0v) is 25.4. The zero-order chi connectivity index (χ0) is 29.6. The molecule has 1 fully saturated rings. The Morgan fingerprint density at radius 2 is 1.51 bits per heavy atom. The predicted octanol–water partition coefficient (Wildman–Crippen LogP) is 4.52. The quantitative estimate of drug-likeness (QED) is 0.316. The van der Waals surface area contributed by atoms with Crippen molar-refractivity contribution < 1.29 is 26.4 Å². The molecule has 0 aliphatic carbocycles. The van der Waals surface area contributed by atoms with Gasteiger partial charge in [-0.2, -0.15) is 4.31 Å². The van der Waals surface area contributed by atoms with Gasteiger partial charge in [0.15, 0.2) is 0 Å². The van der Waals surface area contributed by atoms with Crippen LogP contribution in [0.15, 0.2) is 76.5 Å². The lowest BCUT2D eigenvalue weighted by Gasteiger charge is -2.25. The maximum Gasteiger partial charge on any atom is 0.264 e. The number of halogens is 1. The van der Waals surface area contributed by atoms with E-state index in [-0.39, 0.29) is 22.9 Å². The molecule has 1 aliphatic rings. The number of anilines is 1. The van der Waals surface area contributed by atoms with Gasteiger partial charge in [-0.05, 0) is 98.5 Å². The lowest BCUT2D eigenvalue weighted by Crippen LogP contribution is -2.42. The number of nitrogens with one attached hydrogen (secondary N) is 1. The van der Waals surface area contributed by atoms with Crippen molar-refractivity contribution >= 4 is 43.2 Å². The molecule has 0 radical (unpaired) electrons. The van der Waals surface area contributed by atoms with E-state index in [9.17, 15) is 21.6 Å².